The Kier molecular flexibility index (Phi) is 3.85. The molecule has 0 radical (unpaired) electrons. The Balaban J connectivity index is 2.40. The number of aryl methyl sites for hydroxylation is 1. The van der Waals surface area contributed by atoms with E-state index in [0.717, 1.165) is 5.69 Å². The van der Waals surface area contributed by atoms with Gasteiger partial charge in [0.15, 0.2) is 6.73 Å². The third kappa shape index (κ3) is 3.36. The van der Waals surface area contributed by atoms with Crippen LogP contribution in [0, 0.1) is 12.8 Å². The summed E-state index contributed by atoms with van der Waals surface area (Å²) < 4.78 is 6.56. The average molecular weight is 211 g/mol. The van der Waals surface area contributed by atoms with E-state index in [0.29, 0.717) is 0 Å². The Labute approximate surface area is 89.2 Å². The number of aromatic nitrogens is 2. The van der Waals surface area contributed by atoms with Gasteiger partial charge in [0, 0.05) is 6.20 Å². The average Bonchev–Trinajstić information content (AvgIpc) is 2.59. The quantitative estimate of drug-likeness (QED) is 0.743. The minimum atomic E-state index is -0.568. The lowest BCUT2D eigenvalue weighted by atomic mass is 10.1. The molecule has 0 spiro atoms. The van der Waals surface area contributed by atoms with Crippen LogP contribution in [0.4, 0.5) is 0 Å². The number of esters is 1. The van der Waals surface area contributed by atoms with E-state index < -0.39 is 12.0 Å². The maximum Gasteiger partial charge on any atom is 0.324 e. The van der Waals surface area contributed by atoms with E-state index in [1.165, 1.54) is 0 Å². The molecule has 0 aliphatic carbocycles. The van der Waals surface area contributed by atoms with Crippen molar-refractivity contribution in [1.29, 1.82) is 0 Å². The summed E-state index contributed by atoms with van der Waals surface area (Å²) in [5.74, 6) is -0.310. The molecule has 0 saturated heterocycles. The van der Waals surface area contributed by atoms with Crippen molar-refractivity contribution in [1.82, 2.24) is 9.78 Å². The second kappa shape index (κ2) is 4.93. The van der Waals surface area contributed by atoms with Crippen molar-refractivity contribution in [3.8, 4) is 0 Å². The molecule has 0 aromatic carbocycles. The number of rotatable bonds is 4. The van der Waals surface area contributed by atoms with Crippen LogP contribution in [-0.2, 0) is 16.3 Å². The van der Waals surface area contributed by atoms with E-state index >= 15 is 0 Å². The lowest BCUT2D eigenvalue weighted by Crippen LogP contribution is -2.37. The first-order valence-electron chi connectivity index (χ1n) is 4.93. The fourth-order valence-corrected chi connectivity index (χ4v) is 1.03. The van der Waals surface area contributed by atoms with Gasteiger partial charge >= 0.3 is 5.97 Å². The van der Waals surface area contributed by atoms with Gasteiger partial charge in [-0.25, -0.2) is 4.68 Å². The first-order valence-corrected chi connectivity index (χ1v) is 4.93. The summed E-state index contributed by atoms with van der Waals surface area (Å²) in [7, 11) is 0. The van der Waals surface area contributed by atoms with E-state index in [2.05, 4.69) is 5.10 Å². The molecule has 5 heteroatoms. The topological polar surface area (TPSA) is 70.1 Å². The molecule has 0 aliphatic heterocycles. The van der Waals surface area contributed by atoms with Gasteiger partial charge in [0.1, 0.15) is 6.04 Å². The zero-order chi connectivity index (χ0) is 11.4. The van der Waals surface area contributed by atoms with Crippen molar-refractivity contribution in [3.05, 3.63) is 18.0 Å². The van der Waals surface area contributed by atoms with Gasteiger partial charge in [0.05, 0.1) is 5.69 Å². The molecule has 0 saturated carbocycles. The van der Waals surface area contributed by atoms with E-state index in [1.54, 1.807) is 10.9 Å². The standard InChI is InChI=1S/C10H17N3O2/c1-7(2)9(11)10(14)15-6-13-5-4-8(3)12-13/h4-5,7,9H,6,11H2,1-3H3/t9-/m0/s1. The SMILES string of the molecule is Cc1ccn(COC(=O)[C@@H](N)C(C)C)n1. The van der Waals surface area contributed by atoms with Crippen LogP contribution >= 0.6 is 0 Å². The number of hydrogen-bond acceptors (Lipinski definition) is 4. The van der Waals surface area contributed by atoms with Crippen molar-refractivity contribution < 1.29 is 9.53 Å². The van der Waals surface area contributed by atoms with Gasteiger partial charge in [-0.1, -0.05) is 13.8 Å². The number of nitrogens with two attached hydrogens (primary N) is 1. The van der Waals surface area contributed by atoms with Gasteiger partial charge in [-0.05, 0) is 18.9 Å². The van der Waals surface area contributed by atoms with Crippen molar-refractivity contribution in [2.45, 2.75) is 33.5 Å². The van der Waals surface area contributed by atoms with Gasteiger partial charge in [-0.3, -0.25) is 4.79 Å². The van der Waals surface area contributed by atoms with Crippen LogP contribution in [0.25, 0.3) is 0 Å². The molecule has 2 N–H and O–H groups in total. The minimum Gasteiger partial charge on any atom is -0.441 e. The zero-order valence-corrected chi connectivity index (χ0v) is 9.30. The Morgan fingerprint density at radius 1 is 1.67 bits per heavy atom. The second-order valence-electron chi connectivity index (χ2n) is 3.86. The van der Waals surface area contributed by atoms with Crippen molar-refractivity contribution >= 4 is 5.97 Å². The van der Waals surface area contributed by atoms with Crippen LogP contribution in [0.5, 0.6) is 0 Å². The van der Waals surface area contributed by atoms with Gasteiger partial charge in [0.25, 0.3) is 0 Å². The highest BCUT2D eigenvalue weighted by molar-refractivity contribution is 5.75. The maximum atomic E-state index is 11.4. The molecular weight excluding hydrogens is 194 g/mol. The van der Waals surface area contributed by atoms with Crippen LogP contribution in [0.15, 0.2) is 12.3 Å². The number of carbonyl (C=O) groups excluding carboxylic acids is 1. The Morgan fingerprint density at radius 2 is 2.33 bits per heavy atom. The summed E-state index contributed by atoms with van der Waals surface area (Å²) in [5.41, 5.74) is 6.51. The van der Waals surface area contributed by atoms with E-state index in [1.807, 2.05) is 26.8 Å². The molecule has 15 heavy (non-hydrogen) atoms. The molecule has 0 aliphatic rings. The smallest absolute Gasteiger partial charge is 0.324 e. The summed E-state index contributed by atoms with van der Waals surface area (Å²) in [5, 5.41) is 4.09. The lowest BCUT2D eigenvalue weighted by molar-refractivity contribution is -0.150. The molecule has 1 aromatic rings. The molecule has 0 bridgehead atoms. The maximum absolute atomic E-state index is 11.4. The molecule has 0 unspecified atom stereocenters. The number of carbonyl (C=O) groups is 1. The van der Waals surface area contributed by atoms with E-state index in [-0.39, 0.29) is 12.6 Å². The summed E-state index contributed by atoms with van der Waals surface area (Å²) in [4.78, 5) is 11.4. The normalized spacial score (nSPS) is 12.9. The predicted molar refractivity (Wildman–Crippen MR) is 55.9 cm³/mol. The minimum absolute atomic E-state index is 0.0804. The molecule has 5 nitrogen and oxygen atoms in total. The summed E-state index contributed by atoms with van der Waals surface area (Å²) in [6.45, 7) is 5.75. The Hall–Kier alpha value is -1.36. The lowest BCUT2D eigenvalue weighted by Gasteiger charge is -2.14. The molecule has 0 fully saturated rings. The molecule has 1 rings (SSSR count). The van der Waals surface area contributed by atoms with Crippen LogP contribution in [-0.4, -0.2) is 21.8 Å². The van der Waals surface area contributed by atoms with E-state index in [4.69, 9.17) is 10.5 Å². The molecule has 84 valence electrons. The second-order valence-corrected chi connectivity index (χ2v) is 3.86. The van der Waals surface area contributed by atoms with Gasteiger partial charge in [-0.2, -0.15) is 5.10 Å². The highest BCUT2D eigenvalue weighted by Crippen LogP contribution is 2.01. The van der Waals surface area contributed by atoms with Crippen LogP contribution in [0.3, 0.4) is 0 Å². The van der Waals surface area contributed by atoms with Crippen LogP contribution < -0.4 is 5.73 Å². The van der Waals surface area contributed by atoms with Crippen molar-refractivity contribution in [2.24, 2.45) is 11.7 Å². The summed E-state index contributed by atoms with van der Waals surface area (Å²) in [6.07, 6.45) is 1.75. The summed E-state index contributed by atoms with van der Waals surface area (Å²) >= 11 is 0. The fourth-order valence-electron chi connectivity index (χ4n) is 1.03. The molecular formula is C10H17N3O2. The molecule has 1 heterocycles. The Morgan fingerprint density at radius 3 is 2.80 bits per heavy atom. The first-order chi connectivity index (χ1) is 7.00. The molecule has 1 atom stereocenters. The van der Waals surface area contributed by atoms with Gasteiger partial charge in [0.2, 0.25) is 0 Å². The third-order valence-electron chi connectivity index (χ3n) is 2.10. The first kappa shape index (κ1) is 11.7. The molecule has 0 amide bonds. The predicted octanol–water partition coefficient (Wildman–Crippen LogP) is 0.676. The van der Waals surface area contributed by atoms with Gasteiger partial charge < -0.3 is 10.5 Å². The fraction of sp³-hybridized carbons (Fsp3) is 0.600. The largest absolute Gasteiger partial charge is 0.441 e. The highest BCUT2D eigenvalue weighted by atomic mass is 16.5. The number of hydrogen-bond donors (Lipinski definition) is 1. The third-order valence-corrected chi connectivity index (χ3v) is 2.10. The van der Waals surface area contributed by atoms with Gasteiger partial charge in [-0.15, -0.1) is 0 Å². The zero-order valence-electron chi connectivity index (χ0n) is 9.30. The van der Waals surface area contributed by atoms with Crippen molar-refractivity contribution in [2.75, 3.05) is 0 Å². The Bertz CT molecular complexity index is 333. The monoisotopic (exact) mass is 211 g/mol. The highest BCUT2D eigenvalue weighted by Gasteiger charge is 2.18. The van der Waals surface area contributed by atoms with Crippen LogP contribution in [0.2, 0.25) is 0 Å². The number of nitrogens with zero attached hydrogens (tertiary/aromatic N) is 2. The van der Waals surface area contributed by atoms with E-state index in [9.17, 15) is 4.79 Å². The number of ether oxygens (including phenoxy) is 1. The summed E-state index contributed by atoms with van der Waals surface area (Å²) in [6, 6.07) is 1.28. The van der Waals surface area contributed by atoms with Crippen molar-refractivity contribution in [3.63, 3.8) is 0 Å². The van der Waals surface area contributed by atoms with Crippen LogP contribution in [0.1, 0.15) is 19.5 Å². The molecule has 1 aromatic heterocycles.